The molecule has 2 aliphatic rings. The van der Waals surface area contributed by atoms with E-state index in [4.69, 9.17) is 15.2 Å². The first kappa shape index (κ1) is 15.6. The average molecular weight is 304 g/mol. The molecule has 2 atom stereocenters. The Morgan fingerprint density at radius 3 is 2.73 bits per heavy atom. The van der Waals surface area contributed by atoms with E-state index in [0.717, 1.165) is 50.6 Å². The van der Waals surface area contributed by atoms with E-state index in [-0.39, 0.29) is 0 Å². The van der Waals surface area contributed by atoms with Crippen LogP contribution in [0.1, 0.15) is 49.8 Å². The monoisotopic (exact) mass is 304 g/mol. The molecule has 1 fully saturated rings. The van der Waals surface area contributed by atoms with Crippen LogP contribution in [0.2, 0.25) is 0 Å². The minimum atomic E-state index is 0.414. The normalized spacial score (nSPS) is 25.5. The Hall–Kier alpha value is -1.26. The van der Waals surface area contributed by atoms with E-state index in [9.17, 15) is 0 Å². The van der Waals surface area contributed by atoms with Crippen LogP contribution in [0.3, 0.4) is 0 Å². The van der Waals surface area contributed by atoms with Gasteiger partial charge >= 0.3 is 0 Å². The summed E-state index contributed by atoms with van der Waals surface area (Å²) < 4.78 is 11.9. The highest BCUT2D eigenvalue weighted by Gasteiger charge is 2.33. The maximum absolute atomic E-state index is 6.06. The molecule has 0 aliphatic carbocycles. The number of rotatable bonds is 3. The van der Waals surface area contributed by atoms with Crippen molar-refractivity contribution in [2.75, 3.05) is 33.4 Å². The summed E-state index contributed by atoms with van der Waals surface area (Å²) in [4.78, 5) is 2.43. The number of fused-ring (bicyclic) bond motifs is 1. The summed E-state index contributed by atoms with van der Waals surface area (Å²) in [6.45, 7) is 7.80. The molecule has 1 saturated heterocycles. The Bertz CT molecular complexity index is 530. The molecule has 122 valence electrons. The van der Waals surface area contributed by atoms with Gasteiger partial charge in [-0.25, -0.2) is 0 Å². The van der Waals surface area contributed by atoms with Crippen LogP contribution in [-0.2, 0) is 0 Å². The lowest BCUT2D eigenvalue weighted by molar-refractivity contribution is 0.294. The van der Waals surface area contributed by atoms with Crippen LogP contribution in [0.15, 0.2) is 12.1 Å². The highest BCUT2D eigenvalue weighted by Crippen LogP contribution is 2.45. The van der Waals surface area contributed by atoms with Crippen LogP contribution < -0.4 is 15.2 Å². The Labute approximate surface area is 133 Å². The van der Waals surface area contributed by atoms with E-state index in [1.54, 1.807) is 0 Å². The van der Waals surface area contributed by atoms with E-state index < -0.39 is 0 Å². The van der Waals surface area contributed by atoms with E-state index in [1.165, 1.54) is 11.1 Å². The molecular formula is C18H28N2O2. The predicted molar refractivity (Wildman–Crippen MR) is 88.7 cm³/mol. The summed E-state index contributed by atoms with van der Waals surface area (Å²) >= 11 is 0. The van der Waals surface area contributed by atoms with Gasteiger partial charge in [0.15, 0.2) is 11.5 Å². The minimum Gasteiger partial charge on any atom is -0.490 e. The van der Waals surface area contributed by atoms with Crippen molar-refractivity contribution in [3.8, 4) is 11.5 Å². The van der Waals surface area contributed by atoms with Crippen molar-refractivity contribution in [1.29, 1.82) is 0 Å². The summed E-state index contributed by atoms with van der Waals surface area (Å²) in [5, 5.41) is 0. The van der Waals surface area contributed by atoms with E-state index in [2.05, 4.69) is 37.9 Å². The molecule has 1 aromatic rings. The number of hydrogen-bond acceptors (Lipinski definition) is 4. The second-order valence-corrected chi connectivity index (χ2v) is 6.89. The Morgan fingerprint density at radius 1 is 1.27 bits per heavy atom. The molecule has 0 bridgehead atoms. The van der Waals surface area contributed by atoms with Gasteiger partial charge in [-0.3, -0.25) is 4.90 Å². The number of ether oxygens (including phenoxy) is 2. The van der Waals surface area contributed by atoms with Crippen molar-refractivity contribution < 1.29 is 9.47 Å². The van der Waals surface area contributed by atoms with Gasteiger partial charge in [0, 0.05) is 24.6 Å². The lowest BCUT2D eigenvalue weighted by atomic mass is 9.89. The third kappa shape index (κ3) is 2.82. The standard InChI is InChI=1S/C18H28N2O2/c1-12(2)17-14(15-9-13(10-19)11-20(15)3)5-6-16-18(17)22-8-4-7-21-16/h5-6,12-13,15H,4,7-11,19H2,1-3H3. The second-order valence-electron chi connectivity index (χ2n) is 6.89. The van der Waals surface area contributed by atoms with Gasteiger partial charge in [0.2, 0.25) is 0 Å². The molecule has 4 heteroatoms. The molecule has 2 N–H and O–H groups in total. The number of hydrogen-bond donors (Lipinski definition) is 1. The van der Waals surface area contributed by atoms with Gasteiger partial charge in [-0.2, -0.15) is 0 Å². The van der Waals surface area contributed by atoms with Crippen molar-refractivity contribution >= 4 is 0 Å². The molecule has 2 aliphatic heterocycles. The summed E-state index contributed by atoms with van der Waals surface area (Å²) in [5.74, 6) is 2.87. The first-order valence-corrected chi connectivity index (χ1v) is 8.44. The molecule has 0 amide bonds. The molecule has 0 aromatic heterocycles. The fraction of sp³-hybridized carbons (Fsp3) is 0.667. The topological polar surface area (TPSA) is 47.7 Å². The zero-order valence-electron chi connectivity index (χ0n) is 14.0. The number of likely N-dealkylation sites (tertiary alicyclic amines) is 1. The first-order valence-electron chi connectivity index (χ1n) is 8.44. The SMILES string of the molecule is CC(C)c1c(C2CC(CN)CN2C)ccc2c1OCCCO2. The number of nitrogens with zero attached hydrogens (tertiary/aromatic N) is 1. The molecule has 0 saturated carbocycles. The minimum absolute atomic E-state index is 0.414. The Balaban J connectivity index is 2.02. The third-order valence-corrected chi connectivity index (χ3v) is 4.89. The smallest absolute Gasteiger partial charge is 0.164 e. The fourth-order valence-electron chi connectivity index (χ4n) is 3.80. The lowest BCUT2D eigenvalue weighted by Gasteiger charge is -2.26. The zero-order valence-corrected chi connectivity index (χ0v) is 14.0. The van der Waals surface area contributed by atoms with Gasteiger partial charge in [0.1, 0.15) is 0 Å². The average Bonchev–Trinajstić information content (AvgIpc) is 2.72. The summed E-state index contributed by atoms with van der Waals surface area (Å²) in [6, 6.07) is 4.76. The van der Waals surface area contributed by atoms with Gasteiger partial charge in [-0.15, -0.1) is 0 Å². The van der Waals surface area contributed by atoms with Crippen LogP contribution in [0.5, 0.6) is 11.5 Å². The van der Waals surface area contributed by atoms with Crippen LogP contribution >= 0.6 is 0 Å². The molecular weight excluding hydrogens is 276 g/mol. The predicted octanol–water partition coefficient (Wildman–Crippen LogP) is 2.92. The molecule has 4 nitrogen and oxygen atoms in total. The van der Waals surface area contributed by atoms with Crippen molar-refractivity contribution in [2.24, 2.45) is 11.7 Å². The molecule has 0 spiro atoms. The van der Waals surface area contributed by atoms with Crippen molar-refractivity contribution in [1.82, 2.24) is 4.90 Å². The summed E-state index contributed by atoms with van der Waals surface area (Å²) in [7, 11) is 2.20. The van der Waals surface area contributed by atoms with Crippen molar-refractivity contribution in [2.45, 2.75) is 38.6 Å². The highest BCUT2D eigenvalue weighted by atomic mass is 16.5. The van der Waals surface area contributed by atoms with Gasteiger partial charge in [-0.1, -0.05) is 19.9 Å². The van der Waals surface area contributed by atoms with Crippen molar-refractivity contribution in [3.05, 3.63) is 23.3 Å². The molecule has 2 unspecified atom stereocenters. The van der Waals surface area contributed by atoms with Gasteiger partial charge in [0.25, 0.3) is 0 Å². The summed E-state index contributed by atoms with van der Waals surface area (Å²) in [6.07, 6.45) is 2.08. The zero-order chi connectivity index (χ0) is 15.7. The maximum Gasteiger partial charge on any atom is 0.164 e. The van der Waals surface area contributed by atoms with Gasteiger partial charge in [-0.05, 0) is 43.5 Å². The lowest BCUT2D eigenvalue weighted by Crippen LogP contribution is -2.21. The molecule has 1 aromatic carbocycles. The quantitative estimate of drug-likeness (QED) is 0.933. The van der Waals surface area contributed by atoms with Gasteiger partial charge < -0.3 is 15.2 Å². The fourth-order valence-corrected chi connectivity index (χ4v) is 3.80. The van der Waals surface area contributed by atoms with E-state index >= 15 is 0 Å². The number of nitrogens with two attached hydrogens (primary N) is 1. The van der Waals surface area contributed by atoms with E-state index in [1.807, 2.05) is 0 Å². The van der Waals surface area contributed by atoms with E-state index in [0.29, 0.717) is 17.9 Å². The van der Waals surface area contributed by atoms with Crippen LogP contribution in [0, 0.1) is 5.92 Å². The third-order valence-electron chi connectivity index (χ3n) is 4.89. The summed E-state index contributed by atoms with van der Waals surface area (Å²) in [5.41, 5.74) is 8.59. The van der Waals surface area contributed by atoms with Crippen molar-refractivity contribution in [3.63, 3.8) is 0 Å². The van der Waals surface area contributed by atoms with Crippen LogP contribution in [-0.4, -0.2) is 38.3 Å². The Kier molecular flexibility index (Phi) is 4.59. The Morgan fingerprint density at radius 2 is 2.05 bits per heavy atom. The highest BCUT2D eigenvalue weighted by molar-refractivity contribution is 5.53. The van der Waals surface area contributed by atoms with Crippen LogP contribution in [0.25, 0.3) is 0 Å². The molecule has 2 heterocycles. The largest absolute Gasteiger partial charge is 0.490 e. The van der Waals surface area contributed by atoms with Crippen LogP contribution in [0.4, 0.5) is 0 Å². The molecule has 0 radical (unpaired) electrons. The number of benzene rings is 1. The first-order chi connectivity index (χ1) is 10.6. The second kappa shape index (κ2) is 6.47. The maximum atomic E-state index is 6.06. The molecule has 22 heavy (non-hydrogen) atoms. The van der Waals surface area contributed by atoms with Gasteiger partial charge in [0.05, 0.1) is 13.2 Å². The molecule has 3 rings (SSSR count).